The van der Waals surface area contributed by atoms with Crippen LogP contribution in [0.15, 0.2) is 40.0 Å². The maximum Gasteiger partial charge on any atom is 0.272 e. The molecular formula is C11H7BrFN3O3. The second-order valence-corrected chi connectivity index (χ2v) is 4.60. The third-order valence-electron chi connectivity index (χ3n) is 2.37. The zero-order chi connectivity index (χ0) is 14.0. The van der Waals surface area contributed by atoms with E-state index in [4.69, 9.17) is 0 Å². The van der Waals surface area contributed by atoms with Crippen molar-refractivity contribution in [2.24, 2.45) is 0 Å². The number of nitro benzene ring substituents is 1. The molecule has 0 saturated carbocycles. The molecule has 0 aliphatic rings. The summed E-state index contributed by atoms with van der Waals surface area (Å²) in [6, 6.07) is 3.18. The van der Waals surface area contributed by atoms with Gasteiger partial charge >= 0.3 is 0 Å². The highest BCUT2D eigenvalue weighted by molar-refractivity contribution is 9.10. The summed E-state index contributed by atoms with van der Waals surface area (Å²) in [5, 5.41) is 10.6. The summed E-state index contributed by atoms with van der Waals surface area (Å²) in [6.07, 6.45) is 2.62. The number of nitro groups is 1. The second-order valence-electron chi connectivity index (χ2n) is 3.75. The molecule has 0 atom stereocenters. The van der Waals surface area contributed by atoms with E-state index < -0.39 is 10.7 Å². The lowest BCUT2D eigenvalue weighted by Crippen LogP contribution is -2.21. The van der Waals surface area contributed by atoms with E-state index in [9.17, 15) is 19.3 Å². The molecule has 0 N–H and O–H groups in total. The highest BCUT2D eigenvalue weighted by atomic mass is 79.9. The summed E-state index contributed by atoms with van der Waals surface area (Å²) in [7, 11) is 0. The van der Waals surface area contributed by atoms with Crippen LogP contribution in [-0.4, -0.2) is 14.5 Å². The van der Waals surface area contributed by atoms with Gasteiger partial charge in [0.25, 0.3) is 11.2 Å². The fourth-order valence-electron chi connectivity index (χ4n) is 1.56. The predicted molar refractivity (Wildman–Crippen MR) is 68.4 cm³/mol. The Balaban J connectivity index is 2.41. The van der Waals surface area contributed by atoms with Crippen molar-refractivity contribution in [2.75, 3.05) is 0 Å². The van der Waals surface area contributed by atoms with E-state index in [2.05, 4.69) is 20.9 Å². The van der Waals surface area contributed by atoms with Crippen molar-refractivity contribution >= 4 is 21.6 Å². The van der Waals surface area contributed by atoms with Gasteiger partial charge in [-0.2, -0.15) is 0 Å². The molecule has 0 aliphatic carbocycles. The van der Waals surface area contributed by atoms with Crippen LogP contribution in [0, 0.1) is 15.9 Å². The first kappa shape index (κ1) is 13.3. The van der Waals surface area contributed by atoms with E-state index in [1.165, 1.54) is 23.2 Å². The fraction of sp³-hybridized carbons (Fsp3) is 0.0909. The minimum atomic E-state index is -0.722. The van der Waals surface area contributed by atoms with Gasteiger partial charge in [-0.25, -0.2) is 9.37 Å². The standard InChI is InChI=1S/C11H7BrFN3O3/c12-10-4-14-6-15(11(10)17)5-7-1-8(13)3-9(2-7)16(18)19/h1-4,6H,5H2. The molecule has 0 fully saturated rings. The zero-order valence-corrected chi connectivity index (χ0v) is 11.0. The number of rotatable bonds is 3. The number of benzene rings is 1. The lowest BCUT2D eigenvalue weighted by molar-refractivity contribution is -0.385. The summed E-state index contributed by atoms with van der Waals surface area (Å²) < 4.78 is 14.7. The van der Waals surface area contributed by atoms with E-state index in [1.54, 1.807) is 0 Å². The quantitative estimate of drug-likeness (QED) is 0.638. The number of hydrogen-bond donors (Lipinski definition) is 0. The van der Waals surface area contributed by atoms with Crippen LogP contribution in [0.2, 0.25) is 0 Å². The van der Waals surface area contributed by atoms with E-state index in [-0.39, 0.29) is 22.3 Å². The van der Waals surface area contributed by atoms with Crippen LogP contribution in [0.25, 0.3) is 0 Å². The Morgan fingerprint density at radius 1 is 1.42 bits per heavy atom. The number of non-ortho nitro benzene ring substituents is 1. The Kier molecular flexibility index (Phi) is 3.70. The molecule has 0 amide bonds. The van der Waals surface area contributed by atoms with Gasteiger partial charge < -0.3 is 0 Å². The van der Waals surface area contributed by atoms with Gasteiger partial charge in [0.2, 0.25) is 0 Å². The van der Waals surface area contributed by atoms with Gasteiger partial charge in [0.05, 0.1) is 23.9 Å². The molecule has 0 spiro atoms. The SMILES string of the molecule is O=c1c(Br)cncn1Cc1cc(F)cc([N+](=O)[O-])c1. The molecule has 1 aromatic heterocycles. The highest BCUT2D eigenvalue weighted by Gasteiger charge is 2.11. The molecular weight excluding hydrogens is 321 g/mol. The average Bonchev–Trinajstić information content (AvgIpc) is 2.34. The highest BCUT2D eigenvalue weighted by Crippen LogP contribution is 2.16. The lowest BCUT2D eigenvalue weighted by atomic mass is 10.2. The third kappa shape index (κ3) is 3.02. The first-order valence-electron chi connectivity index (χ1n) is 5.11. The van der Waals surface area contributed by atoms with Crippen molar-refractivity contribution in [3.05, 3.63) is 67.0 Å². The molecule has 6 nitrogen and oxygen atoms in total. The second kappa shape index (κ2) is 5.27. The average molecular weight is 328 g/mol. The summed E-state index contributed by atoms with van der Waals surface area (Å²) in [5.41, 5.74) is -0.387. The molecule has 98 valence electrons. The minimum Gasteiger partial charge on any atom is -0.294 e. The summed E-state index contributed by atoms with van der Waals surface area (Å²) in [4.78, 5) is 25.5. The normalized spacial score (nSPS) is 10.4. The molecule has 19 heavy (non-hydrogen) atoms. The van der Waals surface area contributed by atoms with Crippen LogP contribution < -0.4 is 5.56 Å². The van der Waals surface area contributed by atoms with E-state index in [1.807, 2.05) is 0 Å². The third-order valence-corrected chi connectivity index (χ3v) is 2.91. The van der Waals surface area contributed by atoms with Crippen LogP contribution in [-0.2, 0) is 6.54 Å². The Morgan fingerprint density at radius 2 is 2.16 bits per heavy atom. The van der Waals surface area contributed by atoms with Crippen molar-refractivity contribution in [1.29, 1.82) is 0 Å². The Morgan fingerprint density at radius 3 is 2.84 bits per heavy atom. The van der Waals surface area contributed by atoms with Gasteiger partial charge in [0.1, 0.15) is 10.3 Å². The van der Waals surface area contributed by atoms with Gasteiger partial charge in [-0.3, -0.25) is 19.5 Å². The summed E-state index contributed by atoms with van der Waals surface area (Å²) in [5.74, 6) is -0.722. The molecule has 0 unspecified atom stereocenters. The monoisotopic (exact) mass is 327 g/mol. The van der Waals surface area contributed by atoms with E-state index >= 15 is 0 Å². The van der Waals surface area contributed by atoms with Crippen LogP contribution in [0.5, 0.6) is 0 Å². The topological polar surface area (TPSA) is 78.0 Å². The molecule has 0 radical (unpaired) electrons. The predicted octanol–water partition coefficient (Wildman–Crippen LogP) is 2.10. The molecule has 2 rings (SSSR count). The number of halogens is 2. The molecule has 0 saturated heterocycles. The van der Waals surface area contributed by atoms with Crippen molar-refractivity contribution in [1.82, 2.24) is 9.55 Å². The first-order valence-corrected chi connectivity index (χ1v) is 5.90. The smallest absolute Gasteiger partial charge is 0.272 e. The number of nitrogens with zero attached hydrogens (tertiary/aromatic N) is 3. The van der Waals surface area contributed by atoms with Gasteiger partial charge in [0.15, 0.2) is 0 Å². The number of aromatic nitrogens is 2. The van der Waals surface area contributed by atoms with Crippen LogP contribution in [0.3, 0.4) is 0 Å². The van der Waals surface area contributed by atoms with Gasteiger partial charge in [-0.1, -0.05) is 0 Å². The van der Waals surface area contributed by atoms with Crippen molar-refractivity contribution in [3.63, 3.8) is 0 Å². The first-order chi connectivity index (χ1) is 8.97. The van der Waals surface area contributed by atoms with Gasteiger partial charge in [-0.05, 0) is 27.6 Å². The molecule has 8 heteroatoms. The summed E-state index contributed by atoms with van der Waals surface area (Å²) in [6.45, 7) is 0.00384. The maximum absolute atomic E-state index is 13.3. The molecule has 0 aliphatic heterocycles. The molecule has 1 heterocycles. The Labute approximate surface area is 114 Å². The van der Waals surface area contributed by atoms with Crippen LogP contribution >= 0.6 is 15.9 Å². The Bertz CT molecular complexity index is 702. The fourth-order valence-corrected chi connectivity index (χ4v) is 1.91. The van der Waals surface area contributed by atoms with Crippen LogP contribution in [0.4, 0.5) is 10.1 Å². The van der Waals surface area contributed by atoms with Crippen molar-refractivity contribution < 1.29 is 9.31 Å². The minimum absolute atomic E-state index is 0.00384. The molecule has 0 bridgehead atoms. The number of hydrogen-bond acceptors (Lipinski definition) is 4. The zero-order valence-electron chi connectivity index (χ0n) is 9.42. The largest absolute Gasteiger partial charge is 0.294 e. The Hall–Kier alpha value is -2.09. The van der Waals surface area contributed by atoms with Gasteiger partial charge in [0, 0.05) is 12.3 Å². The van der Waals surface area contributed by atoms with Crippen molar-refractivity contribution in [3.8, 4) is 0 Å². The molecule has 1 aromatic carbocycles. The van der Waals surface area contributed by atoms with E-state index in [0.29, 0.717) is 5.56 Å². The van der Waals surface area contributed by atoms with E-state index in [0.717, 1.165) is 12.1 Å². The van der Waals surface area contributed by atoms with Crippen LogP contribution in [0.1, 0.15) is 5.56 Å². The maximum atomic E-state index is 13.3. The molecule has 2 aromatic rings. The summed E-state index contributed by atoms with van der Waals surface area (Å²) >= 11 is 3.03. The van der Waals surface area contributed by atoms with Gasteiger partial charge in [-0.15, -0.1) is 0 Å². The van der Waals surface area contributed by atoms with Crippen molar-refractivity contribution in [2.45, 2.75) is 6.54 Å². The lowest BCUT2D eigenvalue weighted by Gasteiger charge is -2.05.